The minimum absolute atomic E-state index is 0.169. The van der Waals surface area contributed by atoms with E-state index in [4.69, 9.17) is 4.74 Å². The van der Waals surface area contributed by atoms with E-state index in [-0.39, 0.29) is 36.7 Å². The highest BCUT2D eigenvalue weighted by atomic mass is 16.5. The molecule has 0 aliphatic carbocycles. The van der Waals surface area contributed by atoms with Gasteiger partial charge in [-0.15, -0.1) is 0 Å². The number of carbonyl (C=O) groups is 3. The van der Waals surface area contributed by atoms with Crippen molar-refractivity contribution in [3.05, 3.63) is 0 Å². The fourth-order valence-electron chi connectivity index (χ4n) is 1.08. The van der Waals surface area contributed by atoms with Crippen molar-refractivity contribution in [1.29, 1.82) is 0 Å². The molecule has 0 aliphatic rings. The van der Waals surface area contributed by atoms with Gasteiger partial charge in [0.15, 0.2) is 0 Å². The molecule has 17 heavy (non-hydrogen) atoms. The highest BCUT2D eigenvalue weighted by Crippen LogP contribution is 1.96. The van der Waals surface area contributed by atoms with Crippen molar-refractivity contribution in [2.24, 2.45) is 5.92 Å². The molecule has 0 unspecified atom stereocenters. The van der Waals surface area contributed by atoms with Gasteiger partial charge in [-0.25, -0.2) is 0 Å². The summed E-state index contributed by atoms with van der Waals surface area (Å²) < 4.78 is 4.80. The molecule has 1 atom stereocenters. The molecule has 0 saturated carbocycles. The number of hydrogen-bond donors (Lipinski definition) is 2. The van der Waals surface area contributed by atoms with E-state index in [1.807, 2.05) is 0 Å². The summed E-state index contributed by atoms with van der Waals surface area (Å²) in [5, 5.41) is 5.12. The zero-order valence-corrected chi connectivity index (χ0v) is 10.5. The van der Waals surface area contributed by atoms with Gasteiger partial charge in [-0.2, -0.15) is 0 Å². The first-order valence-corrected chi connectivity index (χ1v) is 5.65. The van der Waals surface area contributed by atoms with Gasteiger partial charge in [0.2, 0.25) is 11.8 Å². The molecule has 0 aromatic carbocycles. The summed E-state index contributed by atoms with van der Waals surface area (Å²) in [5.41, 5.74) is 0. The summed E-state index contributed by atoms with van der Waals surface area (Å²) >= 11 is 0. The molecule has 2 amide bonds. The van der Waals surface area contributed by atoms with Gasteiger partial charge in [0.25, 0.3) is 0 Å². The van der Waals surface area contributed by atoms with Gasteiger partial charge in [0.05, 0.1) is 12.5 Å². The fraction of sp³-hybridized carbons (Fsp3) is 0.727. The topological polar surface area (TPSA) is 84.5 Å². The lowest BCUT2D eigenvalue weighted by Crippen LogP contribution is -2.34. The average Bonchev–Trinajstić information content (AvgIpc) is 2.25. The van der Waals surface area contributed by atoms with Crippen LogP contribution in [0.4, 0.5) is 0 Å². The van der Waals surface area contributed by atoms with E-state index in [2.05, 4.69) is 10.6 Å². The zero-order valence-electron chi connectivity index (χ0n) is 10.5. The normalized spacial score (nSPS) is 11.5. The average molecular weight is 244 g/mol. The quantitative estimate of drug-likeness (QED) is 0.609. The van der Waals surface area contributed by atoms with Crippen molar-refractivity contribution in [1.82, 2.24) is 10.6 Å². The SMILES string of the molecule is CCOC(=O)[C@H](C)CNC(=O)CCNC(C)=O. The number of amides is 2. The van der Waals surface area contributed by atoms with Crippen LogP contribution < -0.4 is 10.6 Å². The van der Waals surface area contributed by atoms with E-state index in [1.165, 1.54) is 6.92 Å². The van der Waals surface area contributed by atoms with Crippen LogP contribution in [0.25, 0.3) is 0 Å². The second-order valence-corrected chi connectivity index (χ2v) is 3.69. The molecular weight excluding hydrogens is 224 g/mol. The molecule has 0 saturated heterocycles. The second kappa shape index (κ2) is 8.55. The van der Waals surface area contributed by atoms with Crippen LogP contribution in [0.1, 0.15) is 27.2 Å². The van der Waals surface area contributed by atoms with E-state index < -0.39 is 0 Å². The number of esters is 1. The van der Waals surface area contributed by atoms with Crippen LogP contribution in [0, 0.1) is 5.92 Å². The van der Waals surface area contributed by atoms with Gasteiger partial charge in [-0.1, -0.05) is 6.92 Å². The van der Waals surface area contributed by atoms with Crippen LogP contribution >= 0.6 is 0 Å². The Kier molecular flexibility index (Phi) is 7.75. The van der Waals surface area contributed by atoms with E-state index in [0.717, 1.165) is 0 Å². The second-order valence-electron chi connectivity index (χ2n) is 3.69. The lowest BCUT2D eigenvalue weighted by molar-refractivity contribution is -0.147. The van der Waals surface area contributed by atoms with Crippen LogP contribution in [0.15, 0.2) is 0 Å². The van der Waals surface area contributed by atoms with Gasteiger partial charge >= 0.3 is 5.97 Å². The summed E-state index contributed by atoms with van der Waals surface area (Å²) in [6.45, 7) is 5.69. The molecule has 2 N–H and O–H groups in total. The molecule has 0 aliphatic heterocycles. The third kappa shape index (κ3) is 8.24. The maximum atomic E-state index is 11.3. The Morgan fingerprint density at radius 2 is 1.88 bits per heavy atom. The molecule has 6 heteroatoms. The standard InChI is InChI=1S/C11H20N2O4/c1-4-17-11(16)8(2)7-13-10(15)5-6-12-9(3)14/h8H,4-7H2,1-3H3,(H,12,14)(H,13,15)/t8-/m1/s1. The fourth-order valence-corrected chi connectivity index (χ4v) is 1.08. The Hall–Kier alpha value is -1.59. The minimum Gasteiger partial charge on any atom is -0.466 e. The predicted octanol–water partition coefficient (Wildman–Crippen LogP) is -0.172. The number of carbonyl (C=O) groups excluding carboxylic acids is 3. The Balaban J connectivity index is 3.69. The van der Waals surface area contributed by atoms with E-state index in [0.29, 0.717) is 13.2 Å². The van der Waals surface area contributed by atoms with Gasteiger partial charge in [0, 0.05) is 26.4 Å². The Labute approximate surface area is 101 Å². The zero-order chi connectivity index (χ0) is 13.3. The lowest BCUT2D eigenvalue weighted by atomic mass is 10.2. The highest BCUT2D eigenvalue weighted by Gasteiger charge is 2.14. The van der Waals surface area contributed by atoms with Crippen LogP contribution in [0.5, 0.6) is 0 Å². The summed E-state index contributed by atoms with van der Waals surface area (Å²) in [6, 6.07) is 0. The molecule has 0 fully saturated rings. The monoisotopic (exact) mass is 244 g/mol. The first-order valence-electron chi connectivity index (χ1n) is 5.65. The number of ether oxygens (including phenoxy) is 1. The molecule has 0 bridgehead atoms. The molecule has 98 valence electrons. The first kappa shape index (κ1) is 15.4. The number of rotatable bonds is 7. The lowest BCUT2D eigenvalue weighted by Gasteiger charge is -2.11. The van der Waals surface area contributed by atoms with Crippen molar-refractivity contribution >= 4 is 17.8 Å². The molecule has 0 rings (SSSR count). The smallest absolute Gasteiger partial charge is 0.310 e. The van der Waals surface area contributed by atoms with Crippen molar-refractivity contribution < 1.29 is 19.1 Å². The molecular formula is C11H20N2O4. The summed E-state index contributed by atoms with van der Waals surface area (Å²) in [4.78, 5) is 33.1. The van der Waals surface area contributed by atoms with Crippen LogP contribution in [-0.4, -0.2) is 37.5 Å². The van der Waals surface area contributed by atoms with Gasteiger partial charge in [-0.05, 0) is 6.92 Å². The number of hydrogen-bond acceptors (Lipinski definition) is 4. The third-order valence-electron chi connectivity index (χ3n) is 2.02. The Morgan fingerprint density at radius 1 is 1.24 bits per heavy atom. The maximum absolute atomic E-state index is 11.3. The number of nitrogens with one attached hydrogen (secondary N) is 2. The van der Waals surface area contributed by atoms with Crippen LogP contribution in [-0.2, 0) is 19.1 Å². The Morgan fingerprint density at radius 3 is 2.41 bits per heavy atom. The predicted molar refractivity (Wildman–Crippen MR) is 62.1 cm³/mol. The van der Waals surface area contributed by atoms with Crippen molar-refractivity contribution in [2.45, 2.75) is 27.2 Å². The van der Waals surface area contributed by atoms with Crippen molar-refractivity contribution in [2.75, 3.05) is 19.7 Å². The molecule has 0 aromatic rings. The molecule has 0 heterocycles. The van der Waals surface area contributed by atoms with Gasteiger partial charge in [0.1, 0.15) is 0 Å². The van der Waals surface area contributed by atoms with E-state index in [9.17, 15) is 14.4 Å². The Bertz CT molecular complexity index is 279. The van der Waals surface area contributed by atoms with Crippen molar-refractivity contribution in [3.63, 3.8) is 0 Å². The van der Waals surface area contributed by atoms with Crippen LogP contribution in [0.2, 0.25) is 0 Å². The summed E-state index contributed by atoms with van der Waals surface area (Å²) in [6.07, 6.45) is 0.203. The molecule has 0 radical (unpaired) electrons. The molecule has 0 spiro atoms. The van der Waals surface area contributed by atoms with Crippen molar-refractivity contribution in [3.8, 4) is 0 Å². The first-order chi connectivity index (χ1) is 7.97. The summed E-state index contributed by atoms with van der Waals surface area (Å²) in [5.74, 6) is -1.05. The minimum atomic E-state index is -0.361. The third-order valence-corrected chi connectivity index (χ3v) is 2.02. The largest absolute Gasteiger partial charge is 0.466 e. The van der Waals surface area contributed by atoms with E-state index >= 15 is 0 Å². The molecule has 6 nitrogen and oxygen atoms in total. The molecule has 0 aromatic heterocycles. The van der Waals surface area contributed by atoms with Crippen LogP contribution in [0.3, 0.4) is 0 Å². The summed E-state index contributed by atoms with van der Waals surface area (Å²) in [7, 11) is 0. The maximum Gasteiger partial charge on any atom is 0.310 e. The highest BCUT2D eigenvalue weighted by molar-refractivity contribution is 5.79. The van der Waals surface area contributed by atoms with Gasteiger partial charge < -0.3 is 15.4 Å². The van der Waals surface area contributed by atoms with E-state index in [1.54, 1.807) is 13.8 Å². The van der Waals surface area contributed by atoms with Gasteiger partial charge in [-0.3, -0.25) is 14.4 Å².